The Morgan fingerprint density at radius 1 is 0.970 bits per heavy atom. The average Bonchev–Trinajstić information content (AvgIpc) is 3.26. The second kappa shape index (κ2) is 8.60. The number of fused-ring (bicyclic) bond motifs is 3. The molecule has 4 heterocycles. The highest BCUT2D eigenvalue weighted by Crippen LogP contribution is 2.38. The Kier molecular flexibility index (Phi) is 5.48. The number of halogens is 1. The van der Waals surface area contributed by atoms with E-state index in [1.807, 2.05) is 77.5 Å². The second-order valence-electron chi connectivity index (χ2n) is 7.83. The lowest BCUT2D eigenvalue weighted by Crippen LogP contribution is -2.31. The van der Waals surface area contributed by atoms with E-state index in [1.165, 1.54) is 0 Å². The molecule has 0 spiro atoms. The summed E-state index contributed by atoms with van der Waals surface area (Å²) in [6.45, 7) is 1.71. The zero-order valence-corrected chi connectivity index (χ0v) is 18.6. The lowest BCUT2D eigenvalue weighted by atomic mass is 10.1. The Labute approximate surface area is 196 Å². The quantitative estimate of drug-likeness (QED) is 0.402. The lowest BCUT2D eigenvalue weighted by Gasteiger charge is -2.31. The van der Waals surface area contributed by atoms with E-state index in [1.54, 1.807) is 10.9 Å². The molecule has 3 aromatic heterocycles. The van der Waals surface area contributed by atoms with Crippen LogP contribution in [0.3, 0.4) is 0 Å². The maximum absolute atomic E-state index is 13.5. The molecule has 33 heavy (non-hydrogen) atoms. The minimum Gasteiger partial charge on any atom is -0.490 e. The first-order chi connectivity index (χ1) is 15.8. The number of benzene rings is 2. The van der Waals surface area contributed by atoms with Gasteiger partial charge < -0.3 is 14.0 Å². The van der Waals surface area contributed by atoms with E-state index in [9.17, 15) is 4.79 Å². The van der Waals surface area contributed by atoms with E-state index < -0.39 is 0 Å². The monoisotopic (exact) mass is 459 g/mol. The minimum absolute atomic E-state index is 0. The summed E-state index contributed by atoms with van der Waals surface area (Å²) in [4.78, 5) is 20.3. The number of anilines is 2. The van der Waals surface area contributed by atoms with Gasteiger partial charge in [0.25, 0.3) is 5.56 Å². The molecule has 5 aromatic rings. The summed E-state index contributed by atoms with van der Waals surface area (Å²) in [5, 5.41) is 5.94. The first kappa shape index (κ1) is 21.0. The first-order valence-corrected chi connectivity index (χ1v) is 10.7. The van der Waals surface area contributed by atoms with Crippen LogP contribution in [0.5, 0.6) is 5.75 Å². The molecule has 6 rings (SSSR count). The van der Waals surface area contributed by atoms with Gasteiger partial charge in [0.1, 0.15) is 18.0 Å². The number of nitrogens with zero attached hydrogens (tertiary/aromatic N) is 5. The van der Waals surface area contributed by atoms with Gasteiger partial charge in [-0.2, -0.15) is 5.10 Å². The number of ether oxygens (including phenoxy) is 1. The molecule has 0 saturated heterocycles. The lowest BCUT2D eigenvalue weighted by molar-refractivity contribution is 0.314. The Morgan fingerprint density at radius 3 is 2.73 bits per heavy atom. The summed E-state index contributed by atoms with van der Waals surface area (Å²) in [6, 6.07) is 19.7. The van der Waals surface area contributed by atoms with Gasteiger partial charge in [0.05, 0.1) is 41.7 Å². The standard InChI is InChI=1S/C25H21N5O2.ClH/c31-25-24-18(6-5-8-21(24)29-14-15-32-22-9-2-1-7-20(22)29)16-26-30(25)13-11-19-17-28-12-4-3-10-23(28)27-19;/h1-10,12,16-17H,11,13-15H2;1H. The fourth-order valence-electron chi connectivity index (χ4n) is 4.34. The summed E-state index contributed by atoms with van der Waals surface area (Å²) in [5.41, 5.74) is 3.59. The van der Waals surface area contributed by atoms with Gasteiger partial charge >= 0.3 is 0 Å². The van der Waals surface area contributed by atoms with Crippen LogP contribution in [0.2, 0.25) is 0 Å². The molecule has 166 valence electrons. The maximum atomic E-state index is 13.5. The Balaban J connectivity index is 0.00000228. The summed E-state index contributed by atoms with van der Waals surface area (Å²) in [5.74, 6) is 0.831. The van der Waals surface area contributed by atoms with Crippen molar-refractivity contribution in [2.24, 2.45) is 0 Å². The molecule has 7 nitrogen and oxygen atoms in total. The van der Waals surface area contributed by atoms with Crippen molar-refractivity contribution in [3.63, 3.8) is 0 Å². The molecule has 0 unspecified atom stereocenters. The van der Waals surface area contributed by atoms with Crippen LogP contribution in [-0.2, 0) is 13.0 Å². The molecular weight excluding hydrogens is 438 g/mol. The third-order valence-electron chi connectivity index (χ3n) is 5.87. The van der Waals surface area contributed by atoms with Crippen LogP contribution in [0, 0.1) is 0 Å². The number of rotatable bonds is 4. The fraction of sp³-hybridized carbons (Fsp3) is 0.160. The minimum atomic E-state index is -0.0918. The highest BCUT2D eigenvalue weighted by atomic mass is 35.5. The number of aromatic nitrogens is 4. The maximum Gasteiger partial charge on any atom is 0.276 e. The van der Waals surface area contributed by atoms with Gasteiger partial charge in [-0.3, -0.25) is 4.79 Å². The number of hydrogen-bond acceptors (Lipinski definition) is 5. The zero-order chi connectivity index (χ0) is 21.5. The Morgan fingerprint density at radius 2 is 1.82 bits per heavy atom. The summed E-state index contributed by atoms with van der Waals surface area (Å²) in [7, 11) is 0. The third-order valence-corrected chi connectivity index (χ3v) is 5.87. The molecule has 8 heteroatoms. The largest absolute Gasteiger partial charge is 0.490 e. The van der Waals surface area contributed by atoms with Gasteiger partial charge in [-0.1, -0.05) is 30.3 Å². The molecule has 1 aliphatic rings. The van der Waals surface area contributed by atoms with Crippen molar-refractivity contribution in [1.29, 1.82) is 0 Å². The molecule has 0 radical (unpaired) electrons. The van der Waals surface area contributed by atoms with Crippen LogP contribution in [0.4, 0.5) is 11.4 Å². The van der Waals surface area contributed by atoms with Crippen molar-refractivity contribution in [3.8, 4) is 5.75 Å². The first-order valence-electron chi connectivity index (χ1n) is 10.7. The molecule has 0 atom stereocenters. The smallest absolute Gasteiger partial charge is 0.276 e. The van der Waals surface area contributed by atoms with E-state index in [2.05, 4.69) is 15.0 Å². The van der Waals surface area contributed by atoms with Gasteiger partial charge in [0.15, 0.2) is 0 Å². The van der Waals surface area contributed by atoms with E-state index in [4.69, 9.17) is 4.74 Å². The number of imidazole rings is 1. The zero-order valence-electron chi connectivity index (χ0n) is 17.8. The van der Waals surface area contributed by atoms with E-state index >= 15 is 0 Å². The van der Waals surface area contributed by atoms with E-state index in [0.717, 1.165) is 33.9 Å². The SMILES string of the molecule is Cl.O=c1c2c(N3CCOc4ccccc43)cccc2cnn1CCc1cn2ccccc2n1. The molecule has 1 aliphatic heterocycles. The van der Waals surface area contributed by atoms with Gasteiger partial charge in [-0.15, -0.1) is 12.4 Å². The van der Waals surface area contributed by atoms with Crippen LogP contribution < -0.4 is 15.2 Å². The van der Waals surface area contributed by atoms with Crippen molar-refractivity contribution in [3.05, 3.63) is 95.3 Å². The van der Waals surface area contributed by atoms with E-state index in [0.29, 0.717) is 31.5 Å². The molecule has 0 bridgehead atoms. The molecule has 0 saturated carbocycles. The normalized spacial score (nSPS) is 12.9. The van der Waals surface area contributed by atoms with Crippen LogP contribution in [0.1, 0.15) is 5.69 Å². The number of para-hydroxylation sites is 2. The topological polar surface area (TPSA) is 64.7 Å². The summed E-state index contributed by atoms with van der Waals surface area (Å²) < 4.78 is 9.34. The number of aryl methyl sites for hydroxylation is 2. The van der Waals surface area contributed by atoms with E-state index in [-0.39, 0.29) is 18.0 Å². The Hall–Kier alpha value is -3.84. The Bertz CT molecular complexity index is 1480. The van der Waals surface area contributed by atoms with Crippen molar-refractivity contribution < 1.29 is 4.74 Å². The van der Waals surface area contributed by atoms with Gasteiger partial charge in [0, 0.05) is 24.2 Å². The number of pyridine rings is 1. The number of hydrogen-bond donors (Lipinski definition) is 0. The summed E-state index contributed by atoms with van der Waals surface area (Å²) in [6.07, 6.45) is 6.37. The van der Waals surface area contributed by atoms with Crippen molar-refractivity contribution in [2.45, 2.75) is 13.0 Å². The fourth-order valence-corrected chi connectivity index (χ4v) is 4.34. The molecule has 2 aromatic carbocycles. The predicted molar refractivity (Wildman–Crippen MR) is 131 cm³/mol. The molecule has 0 fully saturated rings. The predicted octanol–water partition coefficient (Wildman–Crippen LogP) is 4.24. The third kappa shape index (κ3) is 3.70. The highest BCUT2D eigenvalue weighted by molar-refractivity contribution is 5.95. The second-order valence-corrected chi connectivity index (χ2v) is 7.83. The average molecular weight is 460 g/mol. The molecular formula is C25H22ClN5O2. The highest BCUT2D eigenvalue weighted by Gasteiger charge is 2.22. The van der Waals surface area contributed by atoms with Crippen LogP contribution in [-0.4, -0.2) is 32.3 Å². The molecule has 0 N–H and O–H groups in total. The van der Waals surface area contributed by atoms with Gasteiger partial charge in [-0.05, 0) is 30.3 Å². The van der Waals surface area contributed by atoms with Crippen LogP contribution in [0.25, 0.3) is 16.4 Å². The molecule has 0 amide bonds. The van der Waals surface area contributed by atoms with Crippen molar-refractivity contribution in [1.82, 2.24) is 19.2 Å². The van der Waals surface area contributed by atoms with Crippen LogP contribution in [0.15, 0.2) is 84.0 Å². The van der Waals surface area contributed by atoms with Crippen molar-refractivity contribution in [2.75, 3.05) is 18.1 Å². The summed E-state index contributed by atoms with van der Waals surface area (Å²) >= 11 is 0. The molecule has 0 aliphatic carbocycles. The van der Waals surface area contributed by atoms with Gasteiger partial charge in [0.2, 0.25) is 0 Å². The van der Waals surface area contributed by atoms with Crippen molar-refractivity contribution >= 4 is 40.2 Å². The van der Waals surface area contributed by atoms with Crippen LogP contribution >= 0.6 is 12.4 Å². The van der Waals surface area contributed by atoms with Gasteiger partial charge in [-0.25, -0.2) is 9.67 Å².